The average molecular weight is 177 g/mol. The highest BCUT2D eigenvalue weighted by Gasteiger charge is 2.03. The molecule has 1 amide bonds. The molecule has 0 aliphatic heterocycles. The molecule has 5 heteroatoms. The quantitative estimate of drug-likeness (QED) is 0.520. The topological polar surface area (TPSA) is 78.8 Å². The van der Waals surface area contributed by atoms with Gasteiger partial charge >= 0.3 is 6.09 Å². The minimum atomic E-state index is -0.565. The Morgan fingerprint density at radius 2 is 2.25 bits per heavy atom. The molecule has 0 aromatic heterocycles. The number of rotatable bonds is 5. The number of ether oxygens (including phenoxy) is 1. The van der Waals surface area contributed by atoms with Crippen molar-refractivity contribution in [1.82, 2.24) is 5.32 Å². The van der Waals surface area contributed by atoms with Gasteiger partial charge in [-0.05, 0) is 5.92 Å². The first-order chi connectivity index (χ1) is 5.70. The van der Waals surface area contributed by atoms with E-state index in [9.17, 15) is 4.79 Å². The first-order valence-electron chi connectivity index (χ1n) is 3.83. The Morgan fingerprint density at radius 3 is 2.75 bits per heavy atom. The highest BCUT2D eigenvalue weighted by molar-refractivity contribution is 5.67. The van der Waals surface area contributed by atoms with Gasteiger partial charge in [-0.3, -0.25) is 0 Å². The maximum Gasteiger partial charge on any atom is 0.407 e. The molecule has 0 heterocycles. The number of hydrogen-bond donors (Lipinski definition) is 3. The predicted molar refractivity (Wildman–Crippen MR) is 42.7 cm³/mol. The van der Waals surface area contributed by atoms with Crippen LogP contribution in [0.25, 0.3) is 0 Å². The van der Waals surface area contributed by atoms with Crippen molar-refractivity contribution in [3.8, 4) is 0 Å². The molecule has 0 aromatic carbocycles. The summed E-state index contributed by atoms with van der Waals surface area (Å²) in [5.41, 5.74) is 0. The van der Waals surface area contributed by atoms with E-state index in [0.717, 1.165) is 0 Å². The summed E-state index contributed by atoms with van der Waals surface area (Å²) in [6, 6.07) is 0. The first kappa shape index (κ1) is 11.2. The van der Waals surface area contributed by atoms with Gasteiger partial charge in [0.2, 0.25) is 0 Å². The van der Waals surface area contributed by atoms with Crippen LogP contribution in [0, 0.1) is 5.92 Å². The summed E-state index contributed by atoms with van der Waals surface area (Å²) < 4.78 is 4.50. The zero-order valence-corrected chi connectivity index (χ0v) is 7.12. The third kappa shape index (κ3) is 5.94. The third-order valence-corrected chi connectivity index (χ3v) is 1.23. The van der Waals surface area contributed by atoms with Gasteiger partial charge in [-0.25, -0.2) is 4.79 Å². The second kappa shape index (κ2) is 6.87. The number of aliphatic hydroxyl groups is 2. The van der Waals surface area contributed by atoms with Crippen molar-refractivity contribution in [2.45, 2.75) is 6.92 Å². The molecule has 1 atom stereocenters. The number of alkyl carbamates (subject to hydrolysis) is 1. The largest absolute Gasteiger partial charge is 0.447 e. The average Bonchev–Trinajstić information content (AvgIpc) is 2.10. The number of carbonyl (C=O) groups excluding carboxylic acids is 1. The standard InChI is InChI=1S/C7H15NO4/c1-6(5-10)4-8-7(11)12-3-2-9/h6,9-10H,2-5H2,1H3,(H,8,11). The second-order valence-corrected chi connectivity index (χ2v) is 2.53. The normalized spacial score (nSPS) is 12.2. The first-order valence-corrected chi connectivity index (χ1v) is 3.83. The Morgan fingerprint density at radius 1 is 1.58 bits per heavy atom. The molecule has 72 valence electrons. The van der Waals surface area contributed by atoms with Crippen LogP contribution in [-0.2, 0) is 4.74 Å². The van der Waals surface area contributed by atoms with E-state index in [1.807, 2.05) is 0 Å². The lowest BCUT2D eigenvalue weighted by Crippen LogP contribution is -2.30. The van der Waals surface area contributed by atoms with Crippen LogP contribution >= 0.6 is 0 Å². The summed E-state index contributed by atoms with van der Waals surface area (Å²) in [4.78, 5) is 10.7. The molecular weight excluding hydrogens is 162 g/mol. The van der Waals surface area contributed by atoms with E-state index >= 15 is 0 Å². The van der Waals surface area contributed by atoms with E-state index in [-0.39, 0.29) is 25.7 Å². The van der Waals surface area contributed by atoms with Crippen LogP contribution in [0.1, 0.15) is 6.92 Å². The van der Waals surface area contributed by atoms with Gasteiger partial charge < -0.3 is 20.3 Å². The van der Waals surface area contributed by atoms with Crippen LogP contribution in [0.4, 0.5) is 4.79 Å². The van der Waals surface area contributed by atoms with Gasteiger partial charge in [0.15, 0.2) is 0 Å². The van der Waals surface area contributed by atoms with E-state index in [2.05, 4.69) is 10.1 Å². The number of aliphatic hydroxyl groups excluding tert-OH is 2. The highest BCUT2D eigenvalue weighted by Crippen LogP contribution is 1.89. The maximum atomic E-state index is 10.7. The van der Waals surface area contributed by atoms with Crippen LogP contribution < -0.4 is 5.32 Å². The number of carbonyl (C=O) groups is 1. The molecule has 0 rings (SSSR count). The van der Waals surface area contributed by atoms with Crippen LogP contribution in [0.5, 0.6) is 0 Å². The van der Waals surface area contributed by atoms with Crippen molar-refractivity contribution in [3.63, 3.8) is 0 Å². The molecule has 0 spiro atoms. The third-order valence-electron chi connectivity index (χ3n) is 1.23. The Kier molecular flexibility index (Phi) is 6.41. The zero-order valence-electron chi connectivity index (χ0n) is 7.12. The van der Waals surface area contributed by atoms with E-state index in [0.29, 0.717) is 6.54 Å². The predicted octanol–water partition coefficient (Wildman–Crippen LogP) is -0.667. The maximum absolute atomic E-state index is 10.7. The van der Waals surface area contributed by atoms with Crippen molar-refractivity contribution >= 4 is 6.09 Å². The molecule has 0 bridgehead atoms. The number of hydrogen-bond acceptors (Lipinski definition) is 4. The molecule has 0 aliphatic rings. The Hall–Kier alpha value is -0.810. The Bertz CT molecular complexity index is 129. The summed E-state index contributed by atoms with van der Waals surface area (Å²) in [6.45, 7) is 2.02. The van der Waals surface area contributed by atoms with E-state index in [1.165, 1.54) is 0 Å². The molecule has 0 aromatic rings. The minimum absolute atomic E-state index is 0.000655. The van der Waals surface area contributed by atoms with Gasteiger partial charge in [0.05, 0.1) is 6.61 Å². The lowest BCUT2D eigenvalue weighted by Gasteiger charge is -2.09. The fraction of sp³-hybridized carbons (Fsp3) is 0.857. The summed E-state index contributed by atoms with van der Waals surface area (Å²) in [5, 5.41) is 19.3. The second-order valence-electron chi connectivity index (χ2n) is 2.53. The molecular formula is C7H15NO4. The molecule has 5 nitrogen and oxygen atoms in total. The highest BCUT2D eigenvalue weighted by atomic mass is 16.6. The van der Waals surface area contributed by atoms with Gasteiger partial charge in [-0.2, -0.15) is 0 Å². The summed E-state index contributed by atoms with van der Waals surface area (Å²) in [7, 11) is 0. The van der Waals surface area contributed by atoms with E-state index in [1.54, 1.807) is 6.92 Å². The van der Waals surface area contributed by atoms with Crippen LogP contribution in [-0.4, -0.2) is 42.7 Å². The minimum Gasteiger partial charge on any atom is -0.447 e. The van der Waals surface area contributed by atoms with Crippen LogP contribution in [0.15, 0.2) is 0 Å². The lowest BCUT2D eigenvalue weighted by molar-refractivity contribution is 0.117. The van der Waals surface area contributed by atoms with E-state index in [4.69, 9.17) is 10.2 Å². The number of amides is 1. The van der Waals surface area contributed by atoms with Gasteiger partial charge in [-0.15, -0.1) is 0 Å². The Labute approximate surface area is 71.3 Å². The van der Waals surface area contributed by atoms with Gasteiger partial charge in [0.1, 0.15) is 6.61 Å². The molecule has 1 unspecified atom stereocenters. The zero-order chi connectivity index (χ0) is 9.40. The fourth-order valence-corrected chi connectivity index (χ4v) is 0.511. The number of nitrogens with one attached hydrogen (secondary N) is 1. The fourth-order valence-electron chi connectivity index (χ4n) is 0.511. The molecule has 3 N–H and O–H groups in total. The van der Waals surface area contributed by atoms with Crippen molar-refractivity contribution in [2.24, 2.45) is 5.92 Å². The molecule has 0 saturated carbocycles. The Balaban J connectivity index is 3.31. The van der Waals surface area contributed by atoms with Crippen molar-refractivity contribution in [2.75, 3.05) is 26.4 Å². The van der Waals surface area contributed by atoms with E-state index < -0.39 is 6.09 Å². The monoisotopic (exact) mass is 177 g/mol. The lowest BCUT2D eigenvalue weighted by atomic mass is 10.2. The molecule has 12 heavy (non-hydrogen) atoms. The molecule has 0 saturated heterocycles. The summed E-state index contributed by atoms with van der Waals surface area (Å²) in [6.07, 6.45) is -0.565. The van der Waals surface area contributed by atoms with Gasteiger partial charge in [0.25, 0.3) is 0 Å². The van der Waals surface area contributed by atoms with Gasteiger partial charge in [-0.1, -0.05) is 6.92 Å². The molecule has 0 radical (unpaired) electrons. The molecule has 0 aliphatic carbocycles. The summed E-state index contributed by atoms with van der Waals surface area (Å²) in [5.74, 6) is 0.0201. The SMILES string of the molecule is CC(CO)CNC(=O)OCCO. The van der Waals surface area contributed by atoms with Crippen LogP contribution in [0.2, 0.25) is 0 Å². The van der Waals surface area contributed by atoms with Gasteiger partial charge in [0, 0.05) is 13.2 Å². The van der Waals surface area contributed by atoms with Crippen molar-refractivity contribution < 1.29 is 19.7 Å². The smallest absolute Gasteiger partial charge is 0.407 e. The van der Waals surface area contributed by atoms with Crippen molar-refractivity contribution in [3.05, 3.63) is 0 Å². The molecule has 0 fully saturated rings. The van der Waals surface area contributed by atoms with Crippen molar-refractivity contribution in [1.29, 1.82) is 0 Å². The van der Waals surface area contributed by atoms with Crippen LogP contribution in [0.3, 0.4) is 0 Å². The summed E-state index contributed by atoms with van der Waals surface area (Å²) >= 11 is 0.